The van der Waals surface area contributed by atoms with Gasteiger partial charge in [0.15, 0.2) is 11.6 Å². The van der Waals surface area contributed by atoms with Gasteiger partial charge in [-0.1, -0.05) is 0 Å². The molecule has 1 amide bonds. The van der Waals surface area contributed by atoms with Crippen molar-refractivity contribution in [2.24, 2.45) is 0 Å². The van der Waals surface area contributed by atoms with E-state index in [1.54, 1.807) is 17.0 Å². The van der Waals surface area contributed by atoms with Crippen LogP contribution in [0.25, 0.3) is 0 Å². The first-order valence-electron chi connectivity index (χ1n) is 7.57. The van der Waals surface area contributed by atoms with Crippen LogP contribution in [0, 0.1) is 5.82 Å². The van der Waals surface area contributed by atoms with Crippen LogP contribution >= 0.6 is 11.3 Å². The van der Waals surface area contributed by atoms with Crippen LogP contribution < -0.4 is 4.74 Å². The molecule has 1 aliphatic heterocycles. The van der Waals surface area contributed by atoms with Crippen LogP contribution in [0.5, 0.6) is 6.01 Å². The molecule has 1 unspecified atom stereocenters. The number of halogens is 1. The van der Waals surface area contributed by atoms with Crippen molar-refractivity contribution in [1.29, 1.82) is 0 Å². The Labute approximate surface area is 142 Å². The summed E-state index contributed by atoms with van der Waals surface area (Å²) in [6, 6.07) is 3.45. The number of likely N-dealkylation sites (tertiary alicyclic amines) is 1. The number of Topliss-reactive ketones (excluding diaryl/α,β-unsaturated/α-hetero) is 1. The van der Waals surface area contributed by atoms with E-state index in [0.29, 0.717) is 22.8 Å². The first-order chi connectivity index (χ1) is 11.5. The fourth-order valence-corrected chi connectivity index (χ4v) is 3.40. The van der Waals surface area contributed by atoms with E-state index in [9.17, 15) is 14.0 Å². The summed E-state index contributed by atoms with van der Waals surface area (Å²) in [7, 11) is 0. The molecular weight excluding hydrogens is 333 g/mol. The van der Waals surface area contributed by atoms with E-state index in [1.807, 2.05) is 0 Å². The molecule has 0 saturated carbocycles. The van der Waals surface area contributed by atoms with Crippen molar-refractivity contribution in [2.75, 3.05) is 13.1 Å². The van der Waals surface area contributed by atoms with Crippen molar-refractivity contribution in [3.05, 3.63) is 40.1 Å². The van der Waals surface area contributed by atoms with Gasteiger partial charge in [-0.3, -0.25) is 9.59 Å². The predicted octanol–water partition coefficient (Wildman–Crippen LogP) is 2.56. The van der Waals surface area contributed by atoms with Crippen LogP contribution in [0.1, 0.15) is 39.1 Å². The molecule has 1 saturated heterocycles. The molecule has 24 heavy (non-hydrogen) atoms. The predicted molar refractivity (Wildman–Crippen MR) is 85.9 cm³/mol. The van der Waals surface area contributed by atoms with Gasteiger partial charge in [0, 0.05) is 6.54 Å². The summed E-state index contributed by atoms with van der Waals surface area (Å²) in [5, 5.41) is 0. The number of ether oxygens (including phenoxy) is 1. The van der Waals surface area contributed by atoms with E-state index < -0.39 is 5.82 Å². The lowest BCUT2D eigenvalue weighted by molar-refractivity contribution is 0.0519. The Kier molecular flexibility index (Phi) is 4.84. The number of hydrogen-bond donors (Lipinski definition) is 0. The molecule has 1 fully saturated rings. The van der Waals surface area contributed by atoms with Gasteiger partial charge in [-0.05, 0) is 31.9 Å². The Bertz CT molecular complexity index is 747. The zero-order valence-electron chi connectivity index (χ0n) is 13.1. The Morgan fingerprint density at radius 3 is 2.67 bits per heavy atom. The summed E-state index contributed by atoms with van der Waals surface area (Å²) in [4.78, 5) is 34.3. The number of rotatable bonds is 4. The van der Waals surface area contributed by atoms with Gasteiger partial charge in [0.1, 0.15) is 6.10 Å². The van der Waals surface area contributed by atoms with E-state index in [4.69, 9.17) is 4.74 Å². The minimum atomic E-state index is -0.526. The molecule has 8 heteroatoms. The van der Waals surface area contributed by atoms with Gasteiger partial charge in [-0.15, -0.1) is 11.3 Å². The highest BCUT2D eigenvalue weighted by Crippen LogP contribution is 2.22. The first kappa shape index (κ1) is 16.5. The van der Waals surface area contributed by atoms with Crippen molar-refractivity contribution in [2.45, 2.75) is 25.9 Å². The molecule has 0 spiro atoms. The lowest BCUT2D eigenvalue weighted by Gasteiger charge is -2.32. The van der Waals surface area contributed by atoms with Gasteiger partial charge >= 0.3 is 6.01 Å². The van der Waals surface area contributed by atoms with Crippen LogP contribution in [-0.2, 0) is 0 Å². The van der Waals surface area contributed by atoms with Crippen LogP contribution in [-0.4, -0.2) is 45.8 Å². The third-order valence-electron chi connectivity index (χ3n) is 3.70. The molecule has 1 aliphatic rings. The smallest absolute Gasteiger partial charge is 0.316 e. The maximum Gasteiger partial charge on any atom is 0.316 e. The van der Waals surface area contributed by atoms with Crippen molar-refractivity contribution < 1.29 is 18.7 Å². The molecule has 0 radical (unpaired) electrons. The molecule has 126 valence electrons. The second kappa shape index (κ2) is 7.04. The number of amides is 1. The molecule has 3 rings (SSSR count). The number of carbonyl (C=O) groups is 2. The largest absolute Gasteiger partial charge is 0.458 e. The lowest BCUT2D eigenvalue weighted by Crippen LogP contribution is -2.44. The van der Waals surface area contributed by atoms with Crippen LogP contribution in [0.4, 0.5) is 4.39 Å². The molecular formula is C16H16FN3O3S. The fraction of sp³-hybridized carbons (Fsp3) is 0.375. The summed E-state index contributed by atoms with van der Waals surface area (Å²) in [6.07, 6.45) is 3.42. The van der Waals surface area contributed by atoms with Gasteiger partial charge in [-0.25, -0.2) is 14.4 Å². The normalized spacial score (nSPS) is 17.6. The molecule has 6 nitrogen and oxygen atoms in total. The van der Waals surface area contributed by atoms with Gasteiger partial charge < -0.3 is 9.64 Å². The fourth-order valence-electron chi connectivity index (χ4n) is 2.53. The zero-order valence-corrected chi connectivity index (χ0v) is 13.9. The van der Waals surface area contributed by atoms with Gasteiger partial charge in [0.2, 0.25) is 0 Å². The SMILES string of the molecule is CC(=O)c1ccc(C(=O)N2CCCC(Oc3ncc(F)cn3)C2)s1. The highest BCUT2D eigenvalue weighted by molar-refractivity contribution is 7.15. The lowest BCUT2D eigenvalue weighted by atomic mass is 10.1. The van der Waals surface area contributed by atoms with E-state index in [0.717, 1.165) is 25.2 Å². The van der Waals surface area contributed by atoms with Crippen LogP contribution in [0.2, 0.25) is 0 Å². The molecule has 3 heterocycles. The zero-order chi connectivity index (χ0) is 17.1. The highest BCUT2D eigenvalue weighted by atomic mass is 32.1. The molecule has 2 aromatic rings. The maximum atomic E-state index is 12.8. The number of piperidine rings is 1. The maximum absolute atomic E-state index is 12.8. The van der Waals surface area contributed by atoms with E-state index in [2.05, 4.69) is 9.97 Å². The summed E-state index contributed by atoms with van der Waals surface area (Å²) >= 11 is 1.20. The van der Waals surface area contributed by atoms with Crippen molar-refractivity contribution in [3.8, 4) is 6.01 Å². The number of carbonyl (C=O) groups excluding carboxylic acids is 2. The molecule has 0 bridgehead atoms. The topological polar surface area (TPSA) is 72.4 Å². The third kappa shape index (κ3) is 3.76. The van der Waals surface area contributed by atoms with E-state index in [1.165, 1.54) is 18.3 Å². The standard InChI is InChI=1S/C16H16FN3O3S/c1-10(21)13-4-5-14(24-13)15(22)20-6-2-3-12(9-20)23-16-18-7-11(17)8-19-16/h4-5,7-8,12H,2-3,6,9H2,1H3. The summed E-state index contributed by atoms with van der Waals surface area (Å²) < 4.78 is 18.5. The summed E-state index contributed by atoms with van der Waals surface area (Å²) in [5.41, 5.74) is 0. The number of nitrogens with zero attached hydrogens (tertiary/aromatic N) is 3. The first-order valence-corrected chi connectivity index (χ1v) is 8.39. The number of ketones is 1. The summed E-state index contributed by atoms with van der Waals surface area (Å²) in [5.74, 6) is -0.685. The molecule has 0 aromatic carbocycles. The second-order valence-electron chi connectivity index (χ2n) is 5.54. The van der Waals surface area contributed by atoms with Gasteiger partial charge in [0.05, 0.1) is 28.7 Å². The quantitative estimate of drug-likeness (QED) is 0.793. The van der Waals surface area contributed by atoms with Crippen molar-refractivity contribution in [1.82, 2.24) is 14.9 Å². The third-order valence-corrected chi connectivity index (χ3v) is 4.87. The Morgan fingerprint density at radius 2 is 2.00 bits per heavy atom. The minimum absolute atomic E-state index is 0.0487. The van der Waals surface area contributed by atoms with Crippen LogP contribution in [0.3, 0.4) is 0 Å². The Hall–Kier alpha value is -2.35. The second-order valence-corrected chi connectivity index (χ2v) is 6.62. The summed E-state index contributed by atoms with van der Waals surface area (Å²) in [6.45, 7) is 2.52. The van der Waals surface area contributed by atoms with Crippen molar-refractivity contribution >= 4 is 23.0 Å². The molecule has 0 N–H and O–H groups in total. The van der Waals surface area contributed by atoms with E-state index >= 15 is 0 Å². The van der Waals surface area contributed by atoms with E-state index in [-0.39, 0.29) is 23.8 Å². The van der Waals surface area contributed by atoms with Crippen LogP contribution in [0.15, 0.2) is 24.5 Å². The van der Waals surface area contributed by atoms with Gasteiger partial charge in [-0.2, -0.15) is 0 Å². The van der Waals surface area contributed by atoms with Crippen molar-refractivity contribution in [3.63, 3.8) is 0 Å². The Morgan fingerprint density at radius 1 is 1.29 bits per heavy atom. The minimum Gasteiger partial charge on any atom is -0.458 e. The molecule has 1 atom stereocenters. The average Bonchev–Trinajstić information content (AvgIpc) is 3.07. The number of aromatic nitrogens is 2. The highest BCUT2D eigenvalue weighted by Gasteiger charge is 2.27. The molecule has 2 aromatic heterocycles. The molecule has 0 aliphatic carbocycles. The van der Waals surface area contributed by atoms with Gasteiger partial charge in [0.25, 0.3) is 5.91 Å². The number of thiophene rings is 1. The average molecular weight is 349 g/mol. The monoisotopic (exact) mass is 349 g/mol. The number of hydrogen-bond acceptors (Lipinski definition) is 6. The Balaban J connectivity index is 1.64.